The Balaban J connectivity index is 1.46. The lowest BCUT2D eigenvalue weighted by molar-refractivity contribution is -0.140. The molecule has 134 valence electrons. The van der Waals surface area contributed by atoms with Crippen molar-refractivity contribution in [2.75, 3.05) is 26.4 Å². The molecular weight excluding hydrogens is 320 g/mol. The van der Waals surface area contributed by atoms with Crippen molar-refractivity contribution < 1.29 is 19.1 Å². The van der Waals surface area contributed by atoms with Crippen molar-refractivity contribution in [2.24, 2.45) is 5.92 Å². The van der Waals surface area contributed by atoms with Gasteiger partial charge in [0.2, 0.25) is 18.6 Å². The van der Waals surface area contributed by atoms with E-state index in [-0.39, 0.29) is 30.6 Å². The first kappa shape index (κ1) is 16.2. The summed E-state index contributed by atoms with van der Waals surface area (Å²) in [6.45, 7) is 4.05. The first-order valence-corrected chi connectivity index (χ1v) is 9.09. The molecule has 6 nitrogen and oxygen atoms in total. The molecule has 0 N–H and O–H groups in total. The first-order chi connectivity index (χ1) is 12.1. The number of ether oxygens (including phenoxy) is 2. The Morgan fingerprint density at radius 1 is 1.04 bits per heavy atom. The fraction of sp³-hybridized carbons (Fsp3) is 0.579. The van der Waals surface area contributed by atoms with Crippen LogP contribution in [-0.2, 0) is 9.59 Å². The SMILES string of the molecule is CC(=O)N1CCC(C(=O)N2CCC[C@H]2c2ccc3c(c2)OCO3)CC1. The van der Waals surface area contributed by atoms with E-state index >= 15 is 0 Å². The quantitative estimate of drug-likeness (QED) is 0.826. The molecule has 3 aliphatic heterocycles. The number of piperidine rings is 1. The highest BCUT2D eigenvalue weighted by molar-refractivity contribution is 5.80. The minimum absolute atomic E-state index is 0.0326. The number of fused-ring (bicyclic) bond motifs is 1. The van der Waals surface area contributed by atoms with E-state index < -0.39 is 0 Å². The van der Waals surface area contributed by atoms with Crippen LogP contribution in [0.15, 0.2) is 18.2 Å². The summed E-state index contributed by atoms with van der Waals surface area (Å²) < 4.78 is 10.9. The van der Waals surface area contributed by atoms with Crippen molar-refractivity contribution in [3.8, 4) is 11.5 Å². The van der Waals surface area contributed by atoms with Crippen LogP contribution < -0.4 is 9.47 Å². The Kier molecular flexibility index (Phi) is 4.27. The van der Waals surface area contributed by atoms with Crippen LogP contribution in [0.4, 0.5) is 0 Å². The Morgan fingerprint density at radius 2 is 1.80 bits per heavy atom. The van der Waals surface area contributed by atoms with Crippen LogP contribution >= 0.6 is 0 Å². The number of benzene rings is 1. The second-order valence-electron chi connectivity index (χ2n) is 7.08. The molecule has 0 bridgehead atoms. The minimum Gasteiger partial charge on any atom is -0.454 e. The molecule has 6 heteroatoms. The maximum absolute atomic E-state index is 13.1. The molecule has 2 fully saturated rings. The van der Waals surface area contributed by atoms with E-state index in [9.17, 15) is 9.59 Å². The summed E-state index contributed by atoms with van der Waals surface area (Å²) in [4.78, 5) is 28.4. The first-order valence-electron chi connectivity index (χ1n) is 9.09. The number of hydrogen-bond donors (Lipinski definition) is 0. The van der Waals surface area contributed by atoms with E-state index in [2.05, 4.69) is 0 Å². The van der Waals surface area contributed by atoms with Gasteiger partial charge in [0.25, 0.3) is 0 Å². The number of likely N-dealkylation sites (tertiary alicyclic amines) is 2. The molecule has 2 amide bonds. The molecule has 3 aliphatic rings. The number of carbonyl (C=O) groups excluding carboxylic acids is 2. The summed E-state index contributed by atoms with van der Waals surface area (Å²) in [7, 11) is 0. The largest absolute Gasteiger partial charge is 0.454 e. The summed E-state index contributed by atoms with van der Waals surface area (Å²) in [5.74, 6) is 1.92. The van der Waals surface area contributed by atoms with Crippen molar-refractivity contribution in [1.82, 2.24) is 9.80 Å². The topological polar surface area (TPSA) is 59.1 Å². The van der Waals surface area contributed by atoms with Gasteiger partial charge in [-0.15, -0.1) is 0 Å². The lowest BCUT2D eigenvalue weighted by Crippen LogP contribution is -2.43. The monoisotopic (exact) mass is 344 g/mol. The smallest absolute Gasteiger partial charge is 0.231 e. The molecule has 1 atom stereocenters. The summed E-state index contributed by atoms with van der Waals surface area (Å²) in [5.41, 5.74) is 1.12. The molecule has 1 aromatic carbocycles. The Morgan fingerprint density at radius 3 is 2.56 bits per heavy atom. The van der Waals surface area contributed by atoms with Crippen LogP contribution in [0.2, 0.25) is 0 Å². The van der Waals surface area contributed by atoms with E-state index in [0.717, 1.165) is 49.3 Å². The lowest BCUT2D eigenvalue weighted by atomic mass is 9.94. The van der Waals surface area contributed by atoms with E-state index in [1.807, 2.05) is 28.0 Å². The molecule has 1 aromatic rings. The summed E-state index contributed by atoms with van der Waals surface area (Å²) in [6, 6.07) is 6.11. The number of hydrogen-bond acceptors (Lipinski definition) is 4. The maximum atomic E-state index is 13.1. The average Bonchev–Trinajstić information content (AvgIpc) is 3.29. The zero-order chi connectivity index (χ0) is 17.4. The highest BCUT2D eigenvalue weighted by Gasteiger charge is 2.36. The average molecular weight is 344 g/mol. The van der Waals surface area contributed by atoms with Gasteiger partial charge in [-0.3, -0.25) is 9.59 Å². The van der Waals surface area contributed by atoms with Crippen LogP contribution in [0.1, 0.15) is 44.2 Å². The van der Waals surface area contributed by atoms with Gasteiger partial charge < -0.3 is 19.3 Å². The molecule has 0 aromatic heterocycles. The Labute approximate surface area is 147 Å². The zero-order valence-corrected chi connectivity index (χ0v) is 14.6. The highest BCUT2D eigenvalue weighted by atomic mass is 16.7. The van der Waals surface area contributed by atoms with Crippen LogP contribution in [0.25, 0.3) is 0 Å². The minimum atomic E-state index is 0.0326. The van der Waals surface area contributed by atoms with E-state index in [1.165, 1.54) is 0 Å². The predicted molar refractivity (Wildman–Crippen MR) is 91.2 cm³/mol. The van der Waals surface area contributed by atoms with Gasteiger partial charge in [0.05, 0.1) is 6.04 Å². The molecule has 2 saturated heterocycles. The lowest BCUT2D eigenvalue weighted by Gasteiger charge is -2.34. The van der Waals surface area contributed by atoms with Crippen molar-refractivity contribution in [2.45, 2.75) is 38.6 Å². The third-order valence-corrected chi connectivity index (χ3v) is 5.61. The van der Waals surface area contributed by atoms with E-state index in [1.54, 1.807) is 6.92 Å². The standard InChI is InChI=1S/C19H24N2O4/c1-13(22)20-9-6-14(7-10-20)19(23)21-8-2-3-16(21)15-4-5-17-18(11-15)25-12-24-17/h4-5,11,14,16H,2-3,6-10,12H2,1H3/t16-/m0/s1. The fourth-order valence-corrected chi connectivity index (χ4v) is 4.17. The van der Waals surface area contributed by atoms with Crippen molar-refractivity contribution >= 4 is 11.8 Å². The van der Waals surface area contributed by atoms with Crippen LogP contribution in [-0.4, -0.2) is 48.0 Å². The summed E-state index contributed by atoms with van der Waals surface area (Å²) >= 11 is 0. The molecule has 4 rings (SSSR count). The van der Waals surface area contributed by atoms with Gasteiger partial charge in [-0.25, -0.2) is 0 Å². The zero-order valence-electron chi connectivity index (χ0n) is 14.6. The Bertz CT molecular complexity index is 682. The van der Waals surface area contributed by atoms with E-state index in [4.69, 9.17) is 9.47 Å². The number of nitrogens with zero attached hydrogens (tertiary/aromatic N) is 2. The molecule has 0 unspecified atom stereocenters. The normalized spacial score (nSPS) is 23.2. The van der Waals surface area contributed by atoms with Gasteiger partial charge in [-0.2, -0.15) is 0 Å². The van der Waals surface area contributed by atoms with Gasteiger partial charge in [-0.05, 0) is 43.4 Å². The van der Waals surface area contributed by atoms with Gasteiger partial charge in [0, 0.05) is 32.5 Å². The number of amides is 2. The molecule has 3 heterocycles. The van der Waals surface area contributed by atoms with Crippen LogP contribution in [0.5, 0.6) is 11.5 Å². The van der Waals surface area contributed by atoms with Crippen LogP contribution in [0, 0.1) is 5.92 Å². The van der Waals surface area contributed by atoms with Gasteiger partial charge in [0.1, 0.15) is 0 Å². The maximum Gasteiger partial charge on any atom is 0.231 e. The van der Waals surface area contributed by atoms with Crippen LogP contribution in [0.3, 0.4) is 0 Å². The molecular formula is C19H24N2O4. The van der Waals surface area contributed by atoms with E-state index in [0.29, 0.717) is 13.1 Å². The second-order valence-corrected chi connectivity index (χ2v) is 7.08. The second kappa shape index (κ2) is 6.58. The highest BCUT2D eigenvalue weighted by Crippen LogP contribution is 2.39. The molecule has 0 radical (unpaired) electrons. The molecule has 0 saturated carbocycles. The van der Waals surface area contributed by atoms with Crippen molar-refractivity contribution in [1.29, 1.82) is 0 Å². The fourth-order valence-electron chi connectivity index (χ4n) is 4.17. The number of rotatable bonds is 2. The van der Waals surface area contributed by atoms with Crippen molar-refractivity contribution in [3.63, 3.8) is 0 Å². The summed E-state index contributed by atoms with van der Waals surface area (Å²) in [6.07, 6.45) is 3.54. The molecule has 0 spiro atoms. The third kappa shape index (κ3) is 3.05. The number of carbonyl (C=O) groups is 2. The molecule has 25 heavy (non-hydrogen) atoms. The summed E-state index contributed by atoms with van der Waals surface area (Å²) in [5, 5.41) is 0. The Hall–Kier alpha value is -2.24. The van der Waals surface area contributed by atoms with Gasteiger partial charge >= 0.3 is 0 Å². The molecule has 0 aliphatic carbocycles. The predicted octanol–water partition coefficient (Wildman–Crippen LogP) is 2.34. The van der Waals surface area contributed by atoms with Crippen molar-refractivity contribution in [3.05, 3.63) is 23.8 Å². The van der Waals surface area contributed by atoms with Gasteiger partial charge in [-0.1, -0.05) is 6.07 Å². The third-order valence-electron chi connectivity index (χ3n) is 5.61. The van der Waals surface area contributed by atoms with Gasteiger partial charge in [0.15, 0.2) is 11.5 Å².